The van der Waals surface area contributed by atoms with Crippen molar-refractivity contribution in [2.45, 2.75) is 26.4 Å². The Morgan fingerprint density at radius 3 is 2.60 bits per heavy atom. The summed E-state index contributed by atoms with van der Waals surface area (Å²) < 4.78 is 7.25. The second kappa shape index (κ2) is 10.7. The number of nitrogens with one attached hydrogen (secondary N) is 2. The summed E-state index contributed by atoms with van der Waals surface area (Å²) in [5, 5.41) is 6.37. The van der Waals surface area contributed by atoms with E-state index in [-0.39, 0.29) is 17.9 Å². The quantitative estimate of drug-likeness (QED) is 0.367. The topological polar surface area (TPSA) is 98.1 Å². The highest BCUT2D eigenvalue weighted by molar-refractivity contribution is 6.31. The monoisotopic (exact) mass is 491 g/mol. The third kappa shape index (κ3) is 5.34. The van der Waals surface area contributed by atoms with Crippen molar-refractivity contribution in [1.82, 2.24) is 19.9 Å². The van der Waals surface area contributed by atoms with Crippen LogP contribution in [0.3, 0.4) is 0 Å². The number of methoxy groups -OCH3 is 1. The maximum Gasteiger partial charge on any atom is 0.254 e. The van der Waals surface area contributed by atoms with Crippen molar-refractivity contribution < 1.29 is 14.3 Å². The average Bonchev–Trinajstić information content (AvgIpc) is 3.20. The number of anilines is 1. The maximum absolute atomic E-state index is 13.6. The zero-order valence-corrected chi connectivity index (χ0v) is 20.5. The molecule has 1 atom stereocenters. The van der Waals surface area contributed by atoms with Gasteiger partial charge in [-0.05, 0) is 42.8 Å². The lowest BCUT2D eigenvalue weighted by molar-refractivity contribution is -0.114. The van der Waals surface area contributed by atoms with E-state index in [1.165, 1.54) is 6.92 Å². The number of benzene rings is 2. The van der Waals surface area contributed by atoms with Crippen molar-refractivity contribution in [3.63, 3.8) is 0 Å². The van der Waals surface area contributed by atoms with E-state index >= 15 is 0 Å². The largest absolute Gasteiger partial charge is 0.383 e. The Hall–Kier alpha value is -3.75. The van der Waals surface area contributed by atoms with Gasteiger partial charge in [0.05, 0.1) is 29.2 Å². The van der Waals surface area contributed by atoms with Gasteiger partial charge in [-0.15, -0.1) is 0 Å². The fraction of sp³-hybridized carbons (Fsp3) is 0.231. The summed E-state index contributed by atoms with van der Waals surface area (Å²) in [6, 6.07) is 16.0. The van der Waals surface area contributed by atoms with Gasteiger partial charge in [0.15, 0.2) is 5.82 Å². The number of imidazole rings is 1. The summed E-state index contributed by atoms with van der Waals surface area (Å²) in [6.07, 6.45) is 1.69. The van der Waals surface area contributed by atoms with Gasteiger partial charge in [-0.2, -0.15) is 0 Å². The van der Waals surface area contributed by atoms with E-state index in [9.17, 15) is 9.59 Å². The molecule has 0 radical (unpaired) electrons. The lowest BCUT2D eigenvalue weighted by Crippen LogP contribution is -2.27. The predicted octanol–water partition coefficient (Wildman–Crippen LogP) is 4.85. The number of carbonyl (C=O) groups is 2. The van der Waals surface area contributed by atoms with E-state index in [0.717, 1.165) is 5.56 Å². The molecular weight excluding hydrogens is 466 g/mol. The zero-order valence-electron chi connectivity index (χ0n) is 19.7. The van der Waals surface area contributed by atoms with E-state index in [4.69, 9.17) is 21.3 Å². The molecule has 9 heteroatoms. The van der Waals surface area contributed by atoms with E-state index in [2.05, 4.69) is 15.6 Å². The average molecular weight is 492 g/mol. The van der Waals surface area contributed by atoms with Crippen LogP contribution in [0.25, 0.3) is 22.6 Å². The Bertz CT molecular complexity index is 1370. The molecule has 0 fully saturated rings. The minimum Gasteiger partial charge on any atom is -0.383 e. The maximum atomic E-state index is 13.6. The molecule has 0 bridgehead atoms. The van der Waals surface area contributed by atoms with Gasteiger partial charge in [0.25, 0.3) is 5.91 Å². The number of rotatable bonds is 8. The number of hydrogen-bond acceptors (Lipinski definition) is 5. The minimum absolute atomic E-state index is 0.246. The SMILES string of the molecule is COCCn1c(-c2ccccn2)nc2cc(NC(C)=O)cc(C(=O)N[C@H](C)c3ccccc3Cl)c21. The van der Waals surface area contributed by atoms with Crippen LogP contribution >= 0.6 is 11.6 Å². The number of hydrogen-bond donors (Lipinski definition) is 2. The summed E-state index contributed by atoms with van der Waals surface area (Å²) in [7, 11) is 1.62. The lowest BCUT2D eigenvalue weighted by atomic mass is 10.1. The summed E-state index contributed by atoms with van der Waals surface area (Å²) >= 11 is 6.35. The number of halogens is 1. The van der Waals surface area contributed by atoms with E-state index in [1.807, 2.05) is 47.9 Å². The third-order valence-electron chi connectivity index (χ3n) is 5.54. The molecule has 8 nitrogen and oxygen atoms in total. The molecular formula is C26H26ClN5O3. The number of ether oxygens (including phenoxy) is 1. The molecule has 0 unspecified atom stereocenters. The Morgan fingerprint density at radius 2 is 1.91 bits per heavy atom. The van der Waals surface area contributed by atoms with Gasteiger partial charge in [-0.1, -0.05) is 35.9 Å². The van der Waals surface area contributed by atoms with Crippen molar-refractivity contribution in [3.8, 4) is 11.5 Å². The molecule has 0 aliphatic rings. The van der Waals surface area contributed by atoms with Gasteiger partial charge >= 0.3 is 0 Å². The third-order valence-corrected chi connectivity index (χ3v) is 5.88. The van der Waals surface area contributed by atoms with Gasteiger partial charge in [-0.3, -0.25) is 14.6 Å². The Balaban J connectivity index is 1.86. The smallest absolute Gasteiger partial charge is 0.254 e. The summed E-state index contributed by atoms with van der Waals surface area (Å²) in [4.78, 5) is 34.6. The van der Waals surface area contributed by atoms with Crippen molar-refractivity contribution in [2.24, 2.45) is 0 Å². The number of nitrogens with zero attached hydrogens (tertiary/aromatic N) is 3. The molecule has 0 saturated heterocycles. The molecule has 0 spiro atoms. The molecule has 2 N–H and O–H groups in total. The van der Waals surface area contributed by atoms with Crippen LogP contribution in [0, 0.1) is 0 Å². The lowest BCUT2D eigenvalue weighted by Gasteiger charge is -2.17. The Labute approximate surface area is 208 Å². The first-order valence-electron chi connectivity index (χ1n) is 11.2. The number of carbonyl (C=O) groups excluding carboxylic acids is 2. The summed E-state index contributed by atoms with van der Waals surface area (Å²) in [6.45, 7) is 4.16. The molecule has 180 valence electrons. The van der Waals surface area contributed by atoms with Crippen LogP contribution in [-0.2, 0) is 16.1 Å². The van der Waals surface area contributed by atoms with Gasteiger partial charge in [0.2, 0.25) is 5.91 Å². The number of aromatic nitrogens is 3. The van der Waals surface area contributed by atoms with Crippen molar-refractivity contribution in [1.29, 1.82) is 0 Å². The number of fused-ring (bicyclic) bond motifs is 1. The van der Waals surface area contributed by atoms with Crippen LogP contribution in [0.4, 0.5) is 5.69 Å². The summed E-state index contributed by atoms with van der Waals surface area (Å²) in [5.41, 5.74) is 3.50. The minimum atomic E-state index is -0.346. The van der Waals surface area contributed by atoms with E-state index in [0.29, 0.717) is 52.0 Å². The molecule has 0 aliphatic carbocycles. The predicted molar refractivity (Wildman–Crippen MR) is 136 cm³/mol. The Kier molecular flexibility index (Phi) is 7.43. The molecule has 0 aliphatic heterocycles. The number of amides is 2. The standard InChI is InChI=1S/C26H26ClN5O3/c1-16(19-8-4-5-9-21(19)27)29-26(34)20-14-18(30-17(2)33)15-23-24(20)32(12-13-35-3)25(31-23)22-10-6-7-11-28-22/h4-11,14-16H,12-13H2,1-3H3,(H,29,34)(H,30,33)/t16-/m1/s1. The summed E-state index contributed by atoms with van der Waals surface area (Å²) in [5.74, 6) is 0.0375. The first-order chi connectivity index (χ1) is 16.9. The van der Waals surface area contributed by atoms with Gasteiger partial charge in [0.1, 0.15) is 5.69 Å². The fourth-order valence-corrected chi connectivity index (χ4v) is 4.29. The number of pyridine rings is 1. The first-order valence-corrected chi connectivity index (χ1v) is 11.5. The molecule has 2 amide bonds. The molecule has 4 rings (SSSR count). The van der Waals surface area contributed by atoms with Crippen LogP contribution in [0.1, 0.15) is 35.8 Å². The van der Waals surface area contributed by atoms with Gasteiger partial charge < -0.3 is 19.9 Å². The molecule has 0 saturated carbocycles. The highest BCUT2D eigenvalue weighted by Gasteiger charge is 2.23. The highest BCUT2D eigenvalue weighted by atomic mass is 35.5. The van der Waals surface area contributed by atoms with Crippen LogP contribution in [0.2, 0.25) is 5.02 Å². The second-order valence-electron chi connectivity index (χ2n) is 8.08. The molecule has 2 heterocycles. The van der Waals surface area contributed by atoms with Crippen molar-refractivity contribution >= 4 is 40.1 Å². The highest BCUT2D eigenvalue weighted by Crippen LogP contribution is 2.30. The van der Waals surface area contributed by atoms with E-state index in [1.54, 1.807) is 31.5 Å². The van der Waals surface area contributed by atoms with E-state index < -0.39 is 0 Å². The van der Waals surface area contributed by atoms with Crippen molar-refractivity contribution in [2.75, 3.05) is 19.0 Å². The molecule has 35 heavy (non-hydrogen) atoms. The second-order valence-corrected chi connectivity index (χ2v) is 8.49. The first kappa shape index (κ1) is 24.4. The van der Waals surface area contributed by atoms with Crippen LogP contribution in [0.5, 0.6) is 0 Å². The van der Waals surface area contributed by atoms with Gasteiger partial charge in [-0.25, -0.2) is 4.98 Å². The van der Waals surface area contributed by atoms with Gasteiger partial charge in [0, 0.05) is 37.5 Å². The van der Waals surface area contributed by atoms with Crippen LogP contribution in [-0.4, -0.2) is 40.1 Å². The molecule has 4 aromatic rings. The fourth-order valence-electron chi connectivity index (χ4n) is 3.99. The van der Waals surface area contributed by atoms with Crippen molar-refractivity contribution in [3.05, 3.63) is 76.9 Å². The normalized spacial score (nSPS) is 11.9. The van der Waals surface area contributed by atoms with Crippen LogP contribution < -0.4 is 10.6 Å². The zero-order chi connectivity index (χ0) is 24.9. The Morgan fingerprint density at radius 1 is 1.14 bits per heavy atom. The molecule has 2 aromatic carbocycles. The molecule has 2 aromatic heterocycles. The van der Waals surface area contributed by atoms with Crippen LogP contribution in [0.15, 0.2) is 60.8 Å².